The van der Waals surface area contributed by atoms with Crippen LogP contribution in [0.15, 0.2) is 72.8 Å². The first-order valence-corrected chi connectivity index (χ1v) is 12.7. The van der Waals surface area contributed by atoms with Gasteiger partial charge in [-0.15, -0.1) is 0 Å². The Hall–Kier alpha value is -3.48. The standard InChI is InChI=1S/C30H32N2O4/c1-2-20-16-22(30(34)35)12-13-23(20)24-10-6-7-11-25(24)26-17-31-18-27(26)29(33)32-14-15-36-19-28(32)21-8-4-3-5-9-21/h3-13,16,26-28,31H,2,14-15,17-19H2,1H3,(H,34,35)/t26-,27+,28+/m0/s1. The second-order valence-corrected chi connectivity index (χ2v) is 9.52. The van der Waals surface area contributed by atoms with E-state index in [9.17, 15) is 14.7 Å². The number of hydrogen-bond donors (Lipinski definition) is 2. The number of amides is 1. The Morgan fingerprint density at radius 1 is 1.00 bits per heavy atom. The van der Waals surface area contributed by atoms with Crippen LogP contribution in [0.25, 0.3) is 11.1 Å². The molecule has 5 rings (SSSR count). The number of benzene rings is 3. The third-order valence-corrected chi connectivity index (χ3v) is 7.51. The Kier molecular flexibility index (Phi) is 7.16. The smallest absolute Gasteiger partial charge is 0.335 e. The highest BCUT2D eigenvalue weighted by molar-refractivity contribution is 5.89. The van der Waals surface area contributed by atoms with E-state index < -0.39 is 5.97 Å². The molecule has 0 aromatic heterocycles. The maximum absolute atomic E-state index is 14.0. The molecule has 6 nitrogen and oxygen atoms in total. The minimum Gasteiger partial charge on any atom is -0.478 e. The average Bonchev–Trinajstić information content (AvgIpc) is 3.42. The number of nitrogens with zero attached hydrogens (tertiary/aromatic N) is 1. The average molecular weight is 485 g/mol. The quantitative estimate of drug-likeness (QED) is 0.538. The second-order valence-electron chi connectivity index (χ2n) is 9.52. The summed E-state index contributed by atoms with van der Waals surface area (Å²) in [5.41, 5.74) is 5.61. The molecule has 0 aliphatic carbocycles. The number of aromatic carboxylic acids is 1. The molecule has 3 aromatic rings. The fourth-order valence-electron chi connectivity index (χ4n) is 5.64. The Labute approximate surface area is 211 Å². The lowest BCUT2D eigenvalue weighted by Crippen LogP contribution is -2.47. The predicted molar refractivity (Wildman–Crippen MR) is 139 cm³/mol. The van der Waals surface area contributed by atoms with Gasteiger partial charge >= 0.3 is 5.97 Å². The molecule has 0 radical (unpaired) electrons. The van der Waals surface area contributed by atoms with Crippen LogP contribution in [0.3, 0.4) is 0 Å². The van der Waals surface area contributed by atoms with Crippen LogP contribution in [0.2, 0.25) is 0 Å². The minimum atomic E-state index is -0.923. The zero-order valence-corrected chi connectivity index (χ0v) is 20.5. The lowest BCUT2D eigenvalue weighted by Gasteiger charge is -2.38. The number of nitrogens with one attached hydrogen (secondary N) is 1. The lowest BCUT2D eigenvalue weighted by molar-refractivity contribution is -0.144. The first kappa shape index (κ1) is 24.2. The van der Waals surface area contributed by atoms with Gasteiger partial charge in [0.05, 0.1) is 30.7 Å². The molecular weight excluding hydrogens is 452 g/mol. The van der Waals surface area contributed by atoms with Crippen molar-refractivity contribution >= 4 is 11.9 Å². The summed E-state index contributed by atoms with van der Waals surface area (Å²) < 4.78 is 5.77. The third kappa shape index (κ3) is 4.66. The van der Waals surface area contributed by atoms with E-state index >= 15 is 0 Å². The third-order valence-electron chi connectivity index (χ3n) is 7.51. The van der Waals surface area contributed by atoms with Crippen molar-refractivity contribution in [2.75, 3.05) is 32.8 Å². The van der Waals surface area contributed by atoms with Gasteiger partial charge in [0, 0.05) is 25.6 Å². The molecule has 6 heteroatoms. The molecule has 186 valence electrons. The molecule has 0 spiro atoms. The molecule has 2 aliphatic heterocycles. The molecule has 3 atom stereocenters. The van der Waals surface area contributed by atoms with Crippen LogP contribution in [0.1, 0.15) is 45.9 Å². The van der Waals surface area contributed by atoms with Crippen molar-refractivity contribution in [2.24, 2.45) is 5.92 Å². The highest BCUT2D eigenvalue weighted by atomic mass is 16.5. The van der Waals surface area contributed by atoms with E-state index in [0.29, 0.717) is 31.9 Å². The Morgan fingerprint density at radius 2 is 1.78 bits per heavy atom. The van der Waals surface area contributed by atoms with Crippen LogP contribution in [-0.2, 0) is 16.0 Å². The van der Waals surface area contributed by atoms with Crippen LogP contribution in [-0.4, -0.2) is 54.7 Å². The first-order chi connectivity index (χ1) is 17.6. The van der Waals surface area contributed by atoms with Gasteiger partial charge in [0.25, 0.3) is 0 Å². The summed E-state index contributed by atoms with van der Waals surface area (Å²) in [6.07, 6.45) is 0.725. The van der Waals surface area contributed by atoms with Gasteiger partial charge < -0.3 is 20.1 Å². The predicted octanol–water partition coefficient (Wildman–Crippen LogP) is 4.52. The summed E-state index contributed by atoms with van der Waals surface area (Å²) in [5, 5.41) is 12.9. The van der Waals surface area contributed by atoms with Gasteiger partial charge in [0.1, 0.15) is 0 Å². The van der Waals surface area contributed by atoms with E-state index in [0.717, 1.165) is 40.8 Å². The van der Waals surface area contributed by atoms with Crippen molar-refractivity contribution in [3.05, 3.63) is 95.1 Å². The van der Waals surface area contributed by atoms with E-state index in [4.69, 9.17) is 4.74 Å². The largest absolute Gasteiger partial charge is 0.478 e. The molecule has 0 bridgehead atoms. The first-order valence-electron chi connectivity index (χ1n) is 12.7. The number of ether oxygens (including phenoxy) is 1. The Bertz CT molecular complexity index is 1240. The zero-order chi connectivity index (χ0) is 25.1. The van der Waals surface area contributed by atoms with E-state index in [1.54, 1.807) is 12.1 Å². The summed E-state index contributed by atoms with van der Waals surface area (Å²) >= 11 is 0. The highest BCUT2D eigenvalue weighted by Crippen LogP contribution is 2.39. The summed E-state index contributed by atoms with van der Waals surface area (Å²) in [7, 11) is 0. The molecular formula is C30H32N2O4. The number of aryl methyl sites for hydroxylation is 1. The van der Waals surface area contributed by atoms with Gasteiger partial charge in [-0.2, -0.15) is 0 Å². The molecule has 36 heavy (non-hydrogen) atoms. The molecule has 2 N–H and O–H groups in total. The number of hydrogen-bond acceptors (Lipinski definition) is 4. The minimum absolute atomic E-state index is 0.0248. The number of carbonyl (C=O) groups excluding carboxylic acids is 1. The fraction of sp³-hybridized carbons (Fsp3) is 0.333. The summed E-state index contributed by atoms with van der Waals surface area (Å²) in [5.74, 6) is -0.918. The maximum atomic E-state index is 14.0. The normalized spacial score (nSPS) is 21.9. The molecule has 1 amide bonds. The van der Waals surface area contributed by atoms with E-state index in [2.05, 4.69) is 29.6 Å². The number of carboxylic acids is 1. The second kappa shape index (κ2) is 10.6. The van der Waals surface area contributed by atoms with Gasteiger partial charge in [-0.05, 0) is 46.4 Å². The lowest BCUT2D eigenvalue weighted by atomic mass is 9.82. The fourth-order valence-corrected chi connectivity index (χ4v) is 5.64. The number of rotatable bonds is 6. The van der Waals surface area contributed by atoms with E-state index in [-0.39, 0.29) is 23.8 Å². The van der Waals surface area contributed by atoms with Gasteiger partial charge in [-0.1, -0.05) is 67.6 Å². The number of carbonyl (C=O) groups is 2. The summed E-state index contributed by atoms with van der Waals surface area (Å²) in [4.78, 5) is 27.6. The number of morpholine rings is 1. The van der Waals surface area contributed by atoms with Gasteiger partial charge in [0.2, 0.25) is 5.91 Å². The van der Waals surface area contributed by atoms with Crippen LogP contribution in [0, 0.1) is 5.92 Å². The van der Waals surface area contributed by atoms with E-state index in [1.165, 1.54) is 0 Å². The number of carboxylic acid groups (broad SMARTS) is 1. The highest BCUT2D eigenvalue weighted by Gasteiger charge is 2.40. The van der Waals surface area contributed by atoms with Gasteiger partial charge in [-0.3, -0.25) is 4.79 Å². The zero-order valence-electron chi connectivity index (χ0n) is 20.5. The van der Waals surface area contributed by atoms with Crippen LogP contribution in [0.4, 0.5) is 0 Å². The summed E-state index contributed by atoms with van der Waals surface area (Å²) in [6.45, 7) is 5.04. The topological polar surface area (TPSA) is 78.9 Å². The van der Waals surface area contributed by atoms with Crippen molar-refractivity contribution in [3.8, 4) is 11.1 Å². The molecule has 0 unspecified atom stereocenters. The van der Waals surface area contributed by atoms with Crippen LogP contribution < -0.4 is 5.32 Å². The van der Waals surface area contributed by atoms with Crippen molar-refractivity contribution in [1.29, 1.82) is 0 Å². The monoisotopic (exact) mass is 484 g/mol. The van der Waals surface area contributed by atoms with Crippen molar-refractivity contribution in [2.45, 2.75) is 25.3 Å². The summed E-state index contributed by atoms with van der Waals surface area (Å²) in [6, 6.07) is 23.6. The molecule has 0 saturated carbocycles. The molecule has 2 aliphatic rings. The van der Waals surface area contributed by atoms with Crippen molar-refractivity contribution in [3.63, 3.8) is 0 Å². The van der Waals surface area contributed by atoms with E-state index in [1.807, 2.05) is 48.2 Å². The Morgan fingerprint density at radius 3 is 2.56 bits per heavy atom. The molecule has 2 fully saturated rings. The van der Waals surface area contributed by atoms with Crippen LogP contribution in [0.5, 0.6) is 0 Å². The van der Waals surface area contributed by atoms with Gasteiger partial charge in [0.15, 0.2) is 0 Å². The Balaban J connectivity index is 1.48. The maximum Gasteiger partial charge on any atom is 0.335 e. The van der Waals surface area contributed by atoms with Crippen molar-refractivity contribution in [1.82, 2.24) is 10.2 Å². The SMILES string of the molecule is CCc1cc(C(=O)O)ccc1-c1ccccc1[C@@H]1CNC[C@H]1C(=O)N1CCOC[C@@H]1c1ccccc1. The molecule has 2 heterocycles. The van der Waals surface area contributed by atoms with Gasteiger partial charge in [-0.25, -0.2) is 4.79 Å². The molecule has 2 saturated heterocycles. The van der Waals surface area contributed by atoms with Crippen LogP contribution >= 0.6 is 0 Å². The molecule has 3 aromatic carbocycles. The van der Waals surface area contributed by atoms with Crippen molar-refractivity contribution < 1.29 is 19.4 Å².